The molecule has 8 heteroatoms. The van der Waals surface area contributed by atoms with Gasteiger partial charge in [-0.1, -0.05) is 11.2 Å². The molecule has 6 rings (SSSR count). The van der Waals surface area contributed by atoms with Crippen LogP contribution in [0.15, 0.2) is 22.7 Å². The van der Waals surface area contributed by atoms with Crippen LogP contribution in [-0.4, -0.2) is 28.0 Å². The summed E-state index contributed by atoms with van der Waals surface area (Å²) in [6.45, 7) is 3.98. The summed E-state index contributed by atoms with van der Waals surface area (Å²) >= 11 is 0. The van der Waals surface area contributed by atoms with Crippen molar-refractivity contribution in [1.29, 1.82) is 0 Å². The molecule has 4 aliphatic carbocycles. The number of amides is 2. The van der Waals surface area contributed by atoms with Crippen LogP contribution in [0, 0.1) is 37.0 Å². The molecule has 4 saturated carbocycles. The van der Waals surface area contributed by atoms with E-state index < -0.39 is 0 Å². The second-order valence-corrected chi connectivity index (χ2v) is 9.57. The molecule has 2 amide bonds. The first-order valence-electron chi connectivity index (χ1n) is 11.0. The quantitative estimate of drug-likeness (QED) is 0.736. The number of carbonyl (C=O) groups is 2. The number of ether oxygens (including phenoxy) is 1. The van der Waals surface area contributed by atoms with Gasteiger partial charge in [-0.3, -0.25) is 9.59 Å². The summed E-state index contributed by atoms with van der Waals surface area (Å²) < 4.78 is 10.9. The van der Waals surface area contributed by atoms with E-state index in [1.165, 1.54) is 0 Å². The largest absolute Gasteiger partial charge is 0.473 e. The Morgan fingerprint density at radius 1 is 1.23 bits per heavy atom. The number of hydrogen-bond donors (Lipinski definition) is 2. The highest BCUT2D eigenvalue weighted by atomic mass is 16.5. The number of primary amides is 1. The van der Waals surface area contributed by atoms with Crippen LogP contribution in [0.5, 0.6) is 5.88 Å². The molecular weight excluding hydrogens is 396 g/mol. The lowest BCUT2D eigenvalue weighted by Gasteiger charge is -2.58. The lowest BCUT2D eigenvalue weighted by atomic mass is 9.47. The molecular formula is C23H28N4O4. The van der Waals surface area contributed by atoms with Crippen LogP contribution in [0.3, 0.4) is 0 Å². The summed E-state index contributed by atoms with van der Waals surface area (Å²) in [7, 11) is 0. The Kier molecular flexibility index (Phi) is 4.75. The number of pyridine rings is 1. The standard InChI is InChI=1S/C23H28N4O4/c1-12-17(13(2)31-27-12)11-30-19-5-3-4-18(25-19)21(28)26-20-15-6-14-7-16(20)10-23(8-14,9-15)22(24)29/h3-5,14-16,20H,6-11H2,1-2H3,(H2,24,29)(H,26,28). The molecule has 0 aromatic carbocycles. The van der Waals surface area contributed by atoms with E-state index in [2.05, 4.69) is 15.5 Å². The van der Waals surface area contributed by atoms with E-state index in [0.29, 0.717) is 35.1 Å². The Balaban J connectivity index is 1.26. The number of aromatic nitrogens is 2. The Labute approximate surface area is 180 Å². The van der Waals surface area contributed by atoms with Gasteiger partial charge >= 0.3 is 0 Å². The molecule has 4 bridgehead atoms. The van der Waals surface area contributed by atoms with E-state index in [4.69, 9.17) is 15.0 Å². The van der Waals surface area contributed by atoms with Crippen LogP contribution in [-0.2, 0) is 11.4 Å². The zero-order valence-electron chi connectivity index (χ0n) is 17.9. The van der Waals surface area contributed by atoms with Crippen LogP contribution in [0.25, 0.3) is 0 Å². The van der Waals surface area contributed by atoms with Crippen LogP contribution in [0.4, 0.5) is 0 Å². The van der Waals surface area contributed by atoms with Crippen molar-refractivity contribution in [3.63, 3.8) is 0 Å². The van der Waals surface area contributed by atoms with E-state index in [9.17, 15) is 9.59 Å². The van der Waals surface area contributed by atoms with Crippen molar-refractivity contribution in [3.05, 3.63) is 40.9 Å². The molecule has 2 heterocycles. The van der Waals surface area contributed by atoms with Crippen molar-refractivity contribution in [2.45, 2.75) is 58.6 Å². The number of nitrogens with two attached hydrogens (primary N) is 1. The van der Waals surface area contributed by atoms with Crippen molar-refractivity contribution in [2.75, 3.05) is 0 Å². The van der Waals surface area contributed by atoms with E-state index in [1.807, 2.05) is 13.8 Å². The maximum atomic E-state index is 13.0. The normalized spacial score (nSPS) is 30.9. The Bertz CT molecular complexity index is 997. The van der Waals surface area contributed by atoms with Gasteiger partial charge in [0.15, 0.2) is 0 Å². The predicted molar refractivity (Wildman–Crippen MR) is 111 cm³/mol. The molecule has 0 saturated heterocycles. The number of nitrogens with one attached hydrogen (secondary N) is 1. The highest BCUT2D eigenvalue weighted by Crippen LogP contribution is 2.59. The summed E-state index contributed by atoms with van der Waals surface area (Å²) in [5.41, 5.74) is 7.40. The van der Waals surface area contributed by atoms with Gasteiger partial charge in [0.25, 0.3) is 5.91 Å². The predicted octanol–water partition coefficient (Wildman–Crippen LogP) is 2.68. The van der Waals surface area contributed by atoms with Gasteiger partial charge in [-0.05, 0) is 69.8 Å². The van der Waals surface area contributed by atoms with Crippen LogP contribution in [0.2, 0.25) is 0 Å². The third kappa shape index (κ3) is 3.47. The molecule has 3 N–H and O–H groups in total. The molecule has 2 atom stereocenters. The third-order valence-corrected chi connectivity index (χ3v) is 7.60. The fourth-order valence-corrected chi connectivity index (χ4v) is 6.26. The SMILES string of the molecule is Cc1noc(C)c1COc1cccc(C(=O)NC2C3CC4CC2CC(C(N)=O)(C4)C3)n1. The molecule has 31 heavy (non-hydrogen) atoms. The molecule has 0 radical (unpaired) electrons. The monoisotopic (exact) mass is 424 g/mol. The number of nitrogens with zero attached hydrogens (tertiary/aromatic N) is 2. The summed E-state index contributed by atoms with van der Waals surface area (Å²) in [6.07, 6.45) is 4.61. The van der Waals surface area contributed by atoms with Crippen LogP contribution < -0.4 is 15.8 Å². The minimum Gasteiger partial charge on any atom is -0.473 e. The number of aryl methyl sites for hydroxylation is 2. The maximum absolute atomic E-state index is 13.0. The lowest BCUT2D eigenvalue weighted by molar-refractivity contribution is -0.145. The number of hydrogen-bond acceptors (Lipinski definition) is 6. The lowest BCUT2D eigenvalue weighted by Crippen LogP contribution is -2.62. The van der Waals surface area contributed by atoms with E-state index in [-0.39, 0.29) is 29.9 Å². The first-order chi connectivity index (χ1) is 14.8. The number of rotatable bonds is 6. The minimum absolute atomic E-state index is 0.0743. The Hall–Kier alpha value is -2.90. The molecule has 2 aromatic heterocycles. The highest BCUT2D eigenvalue weighted by molar-refractivity contribution is 5.92. The smallest absolute Gasteiger partial charge is 0.270 e. The van der Waals surface area contributed by atoms with Gasteiger partial charge in [-0.15, -0.1) is 0 Å². The fourth-order valence-electron chi connectivity index (χ4n) is 6.26. The average Bonchev–Trinajstić information content (AvgIpc) is 3.06. The van der Waals surface area contributed by atoms with Gasteiger partial charge in [-0.25, -0.2) is 4.98 Å². The van der Waals surface area contributed by atoms with Crippen LogP contribution in [0.1, 0.15) is 59.6 Å². The van der Waals surface area contributed by atoms with E-state index >= 15 is 0 Å². The van der Waals surface area contributed by atoms with Gasteiger partial charge in [0.05, 0.1) is 11.3 Å². The van der Waals surface area contributed by atoms with E-state index in [0.717, 1.165) is 43.4 Å². The summed E-state index contributed by atoms with van der Waals surface area (Å²) in [5.74, 6) is 1.89. The van der Waals surface area contributed by atoms with Crippen molar-refractivity contribution < 1.29 is 18.8 Å². The highest BCUT2D eigenvalue weighted by Gasteiger charge is 2.58. The van der Waals surface area contributed by atoms with E-state index in [1.54, 1.807) is 18.2 Å². The maximum Gasteiger partial charge on any atom is 0.270 e. The first kappa shape index (κ1) is 20.0. The summed E-state index contributed by atoms with van der Waals surface area (Å²) in [5, 5.41) is 7.14. The van der Waals surface area contributed by atoms with Crippen molar-refractivity contribution in [2.24, 2.45) is 28.9 Å². The van der Waals surface area contributed by atoms with Gasteiger partial charge in [0.2, 0.25) is 11.8 Å². The topological polar surface area (TPSA) is 120 Å². The molecule has 4 aliphatic rings. The Morgan fingerprint density at radius 2 is 1.97 bits per heavy atom. The molecule has 4 fully saturated rings. The van der Waals surface area contributed by atoms with Gasteiger partial charge < -0.3 is 20.3 Å². The molecule has 2 unspecified atom stereocenters. The van der Waals surface area contributed by atoms with Gasteiger partial charge in [0, 0.05) is 17.5 Å². The Morgan fingerprint density at radius 3 is 2.61 bits per heavy atom. The number of carbonyl (C=O) groups excluding carboxylic acids is 2. The van der Waals surface area contributed by atoms with Crippen molar-refractivity contribution in [1.82, 2.24) is 15.5 Å². The van der Waals surface area contributed by atoms with Crippen LogP contribution >= 0.6 is 0 Å². The molecule has 0 spiro atoms. The molecule has 0 aliphatic heterocycles. The van der Waals surface area contributed by atoms with Crippen molar-refractivity contribution >= 4 is 11.8 Å². The fraction of sp³-hybridized carbons (Fsp3) is 0.565. The molecule has 8 nitrogen and oxygen atoms in total. The molecule has 164 valence electrons. The second kappa shape index (κ2) is 7.35. The molecule has 2 aromatic rings. The van der Waals surface area contributed by atoms with Crippen molar-refractivity contribution in [3.8, 4) is 5.88 Å². The minimum atomic E-state index is -0.359. The average molecular weight is 425 g/mol. The third-order valence-electron chi connectivity index (χ3n) is 7.60. The summed E-state index contributed by atoms with van der Waals surface area (Å²) in [4.78, 5) is 29.5. The first-order valence-corrected chi connectivity index (χ1v) is 11.0. The zero-order valence-corrected chi connectivity index (χ0v) is 17.9. The zero-order chi connectivity index (χ0) is 21.8. The summed E-state index contributed by atoms with van der Waals surface area (Å²) in [6, 6.07) is 5.27. The second-order valence-electron chi connectivity index (χ2n) is 9.57. The van der Waals surface area contributed by atoms with Gasteiger partial charge in [0.1, 0.15) is 18.1 Å². The van der Waals surface area contributed by atoms with Gasteiger partial charge in [-0.2, -0.15) is 0 Å².